The summed E-state index contributed by atoms with van der Waals surface area (Å²) in [5.74, 6) is -2.46. The Labute approximate surface area is 205 Å². The number of amides is 1. The summed E-state index contributed by atoms with van der Waals surface area (Å²) in [6.07, 6.45) is 0. The van der Waals surface area contributed by atoms with Gasteiger partial charge in [0.05, 0.1) is 24.3 Å². The average molecular weight is 483 g/mol. The number of carbonyl (C=O) groups excluding carboxylic acids is 3. The molecule has 1 aromatic heterocycles. The van der Waals surface area contributed by atoms with E-state index < -0.39 is 29.5 Å². The van der Waals surface area contributed by atoms with Gasteiger partial charge in [0.2, 0.25) is 5.78 Å². The van der Waals surface area contributed by atoms with Crippen LogP contribution in [0, 0.1) is 0 Å². The lowest BCUT2D eigenvalue weighted by Gasteiger charge is -2.27. The highest BCUT2D eigenvalue weighted by atomic mass is 16.5. The van der Waals surface area contributed by atoms with Crippen molar-refractivity contribution in [3.63, 3.8) is 0 Å². The van der Waals surface area contributed by atoms with Gasteiger partial charge in [-0.3, -0.25) is 9.59 Å². The molecule has 8 heteroatoms. The van der Waals surface area contributed by atoms with Crippen LogP contribution in [0.3, 0.4) is 0 Å². The Bertz CT molecular complexity index is 1480. The van der Waals surface area contributed by atoms with Gasteiger partial charge in [-0.25, -0.2) is 4.79 Å². The number of esters is 1. The van der Waals surface area contributed by atoms with Crippen LogP contribution in [0.5, 0.6) is 5.75 Å². The third-order valence-electron chi connectivity index (χ3n) is 6.13. The third-order valence-corrected chi connectivity index (χ3v) is 6.13. The Morgan fingerprint density at radius 3 is 2.33 bits per heavy atom. The number of furan rings is 1. The number of phenols is 1. The minimum Gasteiger partial charge on any atom is -0.508 e. The minimum atomic E-state index is -0.931. The molecule has 0 spiro atoms. The smallest absolute Gasteiger partial charge is 0.337 e. The summed E-state index contributed by atoms with van der Waals surface area (Å²) in [5.41, 5.74) is 1.94. The van der Waals surface area contributed by atoms with Crippen LogP contribution in [0.25, 0.3) is 11.0 Å². The van der Waals surface area contributed by atoms with Crippen LogP contribution in [-0.4, -0.2) is 39.9 Å². The van der Waals surface area contributed by atoms with Gasteiger partial charge < -0.3 is 24.3 Å². The number of aromatic hydroxyl groups is 1. The molecule has 1 aliphatic rings. The van der Waals surface area contributed by atoms with Crippen molar-refractivity contribution in [1.82, 2.24) is 4.90 Å². The number of aliphatic hydroxyl groups is 1. The molecule has 0 saturated heterocycles. The number of aliphatic hydroxyl groups excluding tert-OH is 1. The van der Waals surface area contributed by atoms with E-state index >= 15 is 0 Å². The second kappa shape index (κ2) is 9.07. The van der Waals surface area contributed by atoms with Crippen LogP contribution in [0.1, 0.15) is 38.1 Å². The van der Waals surface area contributed by atoms with E-state index in [4.69, 9.17) is 9.15 Å². The molecule has 1 unspecified atom stereocenters. The number of phenolic OH excluding ortho intramolecular Hbond substituents is 1. The molecule has 5 rings (SSSR count). The van der Waals surface area contributed by atoms with E-state index in [0.717, 1.165) is 0 Å². The molecule has 3 aromatic carbocycles. The van der Waals surface area contributed by atoms with Crippen molar-refractivity contribution in [1.29, 1.82) is 0 Å². The topological polar surface area (TPSA) is 117 Å². The highest BCUT2D eigenvalue weighted by Gasteiger charge is 2.44. The molecule has 2 N–H and O–H groups in total. The summed E-state index contributed by atoms with van der Waals surface area (Å²) in [7, 11) is 1.29. The Kier molecular flexibility index (Phi) is 5.77. The molecular weight excluding hydrogens is 462 g/mol. The second-order valence-electron chi connectivity index (χ2n) is 8.36. The van der Waals surface area contributed by atoms with Crippen LogP contribution in [-0.2, 0) is 16.1 Å². The molecule has 0 radical (unpaired) electrons. The largest absolute Gasteiger partial charge is 0.508 e. The maximum atomic E-state index is 13.6. The maximum Gasteiger partial charge on any atom is 0.337 e. The number of para-hydroxylation sites is 1. The summed E-state index contributed by atoms with van der Waals surface area (Å²) in [6, 6.07) is 20.3. The average Bonchev–Trinajstić information content (AvgIpc) is 3.44. The van der Waals surface area contributed by atoms with Gasteiger partial charge >= 0.3 is 5.97 Å². The first-order valence-corrected chi connectivity index (χ1v) is 11.1. The number of nitrogens with zero attached hydrogens (tertiary/aromatic N) is 1. The van der Waals surface area contributed by atoms with Gasteiger partial charge in [-0.2, -0.15) is 0 Å². The molecule has 4 aromatic rings. The Morgan fingerprint density at radius 1 is 0.972 bits per heavy atom. The standard InChI is InChI=1S/C28H21NO7/c1-35-28(34)18-8-6-16(7-9-18)15-29-24(17-10-12-20(30)13-11-17)23(26(32)27(29)33)25(31)22-14-19-4-2-3-5-21(19)36-22/h2-14,24,30,32H,15H2,1H3. The SMILES string of the molecule is COC(=O)c1ccc(CN2C(=O)C(O)=C(C(=O)c3cc4ccccc4o3)C2c2ccc(O)cc2)cc1. The quantitative estimate of drug-likeness (QED) is 0.301. The lowest BCUT2D eigenvalue weighted by molar-refractivity contribution is -0.130. The number of hydrogen-bond acceptors (Lipinski definition) is 7. The maximum absolute atomic E-state index is 13.6. The van der Waals surface area contributed by atoms with E-state index in [1.54, 1.807) is 60.7 Å². The van der Waals surface area contributed by atoms with Crippen molar-refractivity contribution in [3.8, 4) is 5.75 Å². The van der Waals surface area contributed by atoms with Crippen molar-refractivity contribution in [3.05, 3.63) is 113 Å². The van der Waals surface area contributed by atoms with Gasteiger partial charge in [0.25, 0.3) is 5.91 Å². The van der Waals surface area contributed by atoms with Crippen LogP contribution in [0.2, 0.25) is 0 Å². The van der Waals surface area contributed by atoms with E-state index in [2.05, 4.69) is 0 Å². The number of methoxy groups -OCH3 is 1. The first-order valence-electron chi connectivity index (χ1n) is 11.1. The summed E-state index contributed by atoms with van der Waals surface area (Å²) < 4.78 is 10.4. The predicted molar refractivity (Wildman–Crippen MR) is 129 cm³/mol. The summed E-state index contributed by atoms with van der Waals surface area (Å²) >= 11 is 0. The van der Waals surface area contributed by atoms with Gasteiger partial charge in [-0.15, -0.1) is 0 Å². The first-order chi connectivity index (χ1) is 17.4. The Hall–Kier alpha value is -4.85. The Morgan fingerprint density at radius 2 is 1.67 bits per heavy atom. The van der Waals surface area contributed by atoms with Gasteiger partial charge in [-0.1, -0.05) is 42.5 Å². The van der Waals surface area contributed by atoms with E-state index in [0.29, 0.717) is 27.7 Å². The fourth-order valence-electron chi connectivity index (χ4n) is 4.34. The number of ether oxygens (including phenoxy) is 1. The zero-order chi connectivity index (χ0) is 25.4. The molecule has 36 heavy (non-hydrogen) atoms. The van der Waals surface area contributed by atoms with Crippen molar-refractivity contribution < 1.29 is 33.8 Å². The Balaban J connectivity index is 1.54. The number of benzene rings is 3. The zero-order valence-corrected chi connectivity index (χ0v) is 19.2. The molecule has 8 nitrogen and oxygen atoms in total. The van der Waals surface area contributed by atoms with Gasteiger partial charge in [0, 0.05) is 11.9 Å². The zero-order valence-electron chi connectivity index (χ0n) is 19.2. The number of carbonyl (C=O) groups is 3. The van der Waals surface area contributed by atoms with E-state index in [1.165, 1.54) is 24.1 Å². The fourth-order valence-corrected chi connectivity index (χ4v) is 4.34. The predicted octanol–water partition coefficient (Wildman–Crippen LogP) is 4.70. The van der Waals surface area contributed by atoms with Crippen molar-refractivity contribution in [2.75, 3.05) is 7.11 Å². The highest BCUT2D eigenvalue weighted by molar-refractivity contribution is 6.16. The summed E-state index contributed by atoms with van der Waals surface area (Å²) in [4.78, 5) is 39.9. The first kappa shape index (κ1) is 22.9. The van der Waals surface area contributed by atoms with Crippen molar-refractivity contribution in [2.24, 2.45) is 0 Å². The molecule has 180 valence electrons. The molecule has 2 heterocycles. The van der Waals surface area contributed by atoms with Crippen molar-refractivity contribution in [2.45, 2.75) is 12.6 Å². The fraction of sp³-hybridized carbons (Fsp3) is 0.107. The van der Waals surface area contributed by atoms with Gasteiger partial charge in [0.1, 0.15) is 11.3 Å². The lowest BCUT2D eigenvalue weighted by atomic mass is 9.94. The molecule has 1 atom stereocenters. The number of fused-ring (bicyclic) bond motifs is 1. The monoisotopic (exact) mass is 483 g/mol. The second-order valence-corrected chi connectivity index (χ2v) is 8.36. The van der Waals surface area contributed by atoms with Gasteiger partial charge in [-0.05, 0) is 47.5 Å². The molecule has 1 aliphatic heterocycles. The molecule has 0 fully saturated rings. The molecule has 1 amide bonds. The van der Waals surface area contributed by atoms with Crippen LogP contribution >= 0.6 is 0 Å². The van der Waals surface area contributed by atoms with Gasteiger partial charge in [0.15, 0.2) is 11.5 Å². The van der Waals surface area contributed by atoms with Crippen molar-refractivity contribution >= 4 is 28.6 Å². The summed E-state index contributed by atoms with van der Waals surface area (Å²) in [5, 5.41) is 21.3. The van der Waals surface area contributed by atoms with E-state index in [-0.39, 0.29) is 23.6 Å². The number of rotatable bonds is 6. The summed E-state index contributed by atoms with van der Waals surface area (Å²) in [6.45, 7) is 0.0484. The normalized spacial score (nSPS) is 15.5. The minimum absolute atomic E-state index is 0.00129. The number of ketones is 1. The number of Topliss-reactive ketones (excluding diaryl/α,β-unsaturated/α-hetero) is 1. The molecule has 0 aliphatic carbocycles. The van der Waals surface area contributed by atoms with Crippen LogP contribution in [0.4, 0.5) is 0 Å². The lowest BCUT2D eigenvalue weighted by Crippen LogP contribution is -2.30. The molecule has 0 bridgehead atoms. The van der Waals surface area contributed by atoms with E-state index in [9.17, 15) is 24.6 Å². The molecule has 0 saturated carbocycles. The highest BCUT2D eigenvalue weighted by Crippen LogP contribution is 2.41. The third kappa shape index (κ3) is 3.98. The van der Waals surface area contributed by atoms with Crippen LogP contribution < -0.4 is 0 Å². The van der Waals surface area contributed by atoms with Crippen LogP contribution in [0.15, 0.2) is 94.6 Å². The van der Waals surface area contributed by atoms with E-state index in [1.807, 2.05) is 6.07 Å². The number of hydrogen-bond donors (Lipinski definition) is 2. The molecular formula is C28H21NO7.